The quantitative estimate of drug-likeness (QED) is 0.871. The van der Waals surface area contributed by atoms with Crippen LogP contribution in [0, 0.1) is 5.82 Å². The lowest BCUT2D eigenvalue weighted by Crippen LogP contribution is -2.51. The summed E-state index contributed by atoms with van der Waals surface area (Å²) in [7, 11) is 0. The fraction of sp³-hybridized carbons (Fsp3) is 0.538. The second-order valence-electron chi connectivity index (χ2n) is 4.81. The van der Waals surface area contributed by atoms with E-state index in [0.29, 0.717) is 30.7 Å². The molecule has 3 nitrogen and oxygen atoms in total. The minimum absolute atomic E-state index is 0.165. The third-order valence-electron chi connectivity index (χ3n) is 3.33. The van der Waals surface area contributed by atoms with Gasteiger partial charge in [-0.25, -0.2) is 13.2 Å². The summed E-state index contributed by atoms with van der Waals surface area (Å²) in [6.45, 7) is 0.765. The van der Waals surface area contributed by atoms with E-state index in [0.717, 1.165) is 6.07 Å². The summed E-state index contributed by atoms with van der Waals surface area (Å²) in [5, 5.41) is 12.1. The molecule has 20 heavy (non-hydrogen) atoms. The highest BCUT2D eigenvalue weighted by Gasteiger charge is 2.44. The van der Waals surface area contributed by atoms with Crippen molar-refractivity contribution in [1.82, 2.24) is 10.2 Å². The van der Waals surface area contributed by atoms with Crippen LogP contribution in [0.15, 0.2) is 22.7 Å². The molecular weight excluding hydrogens is 337 g/mol. The van der Waals surface area contributed by atoms with Crippen LogP contribution in [0.5, 0.6) is 0 Å². The molecule has 112 valence electrons. The number of nitrogens with zero attached hydrogens (tertiary/aromatic N) is 1. The third-order valence-corrected chi connectivity index (χ3v) is 3.79. The van der Waals surface area contributed by atoms with E-state index in [2.05, 4.69) is 21.2 Å². The zero-order valence-electron chi connectivity index (χ0n) is 10.8. The van der Waals surface area contributed by atoms with Crippen LogP contribution in [0.25, 0.3) is 0 Å². The van der Waals surface area contributed by atoms with Crippen molar-refractivity contribution in [2.45, 2.75) is 12.0 Å². The molecule has 1 fully saturated rings. The van der Waals surface area contributed by atoms with Gasteiger partial charge in [-0.2, -0.15) is 0 Å². The summed E-state index contributed by atoms with van der Waals surface area (Å²) in [5.41, 5.74) is 0.165. The molecule has 0 amide bonds. The first-order chi connectivity index (χ1) is 9.44. The molecule has 1 heterocycles. The van der Waals surface area contributed by atoms with Gasteiger partial charge in [0, 0.05) is 30.7 Å². The maximum Gasteiger partial charge on any atom is 0.289 e. The van der Waals surface area contributed by atoms with Gasteiger partial charge in [0.1, 0.15) is 18.5 Å². The normalized spacial score (nSPS) is 19.1. The zero-order chi connectivity index (χ0) is 14.8. The molecule has 2 rings (SSSR count). The van der Waals surface area contributed by atoms with E-state index in [1.165, 1.54) is 12.1 Å². The average molecular weight is 353 g/mol. The molecule has 0 spiro atoms. The molecule has 1 saturated heterocycles. The Morgan fingerprint density at radius 2 is 1.95 bits per heavy atom. The standard InChI is InChI=1S/C13H16BrF3N2O/c14-10-5-9(6-11(15)7-10)12(13(16,17)8-20)19-3-1-18-2-4-19/h5-7,12,18,20H,1-4,8H2/t12-/m0/s1. The number of benzene rings is 1. The van der Waals surface area contributed by atoms with Crippen LogP contribution in [0.3, 0.4) is 0 Å². The van der Waals surface area contributed by atoms with Crippen molar-refractivity contribution in [1.29, 1.82) is 0 Å². The first-order valence-corrected chi connectivity index (χ1v) is 7.13. The summed E-state index contributed by atoms with van der Waals surface area (Å²) in [4.78, 5) is 1.58. The first-order valence-electron chi connectivity index (χ1n) is 6.33. The van der Waals surface area contributed by atoms with Gasteiger partial charge in [0.25, 0.3) is 5.92 Å². The van der Waals surface area contributed by atoms with E-state index >= 15 is 0 Å². The average Bonchev–Trinajstić information content (AvgIpc) is 2.39. The summed E-state index contributed by atoms with van der Waals surface area (Å²) >= 11 is 3.12. The third kappa shape index (κ3) is 3.52. The van der Waals surface area contributed by atoms with Crippen molar-refractivity contribution >= 4 is 15.9 Å². The van der Waals surface area contributed by atoms with Gasteiger partial charge in [-0.05, 0) is 23.8 Å². The number of hydrogen-bond donors (Lipinski definition) is 2. The summed E-state index contributed by atoms with van der Waals surface area (Å²) < 4.78 is 42.1. The van der Waals surface area contributed by atoms with E-state index in [1.54, 1.807) is 4.90 Å². The number of halogens is 4. The number of aliphatic hydroxyl groups excluding tert-OH is 1. The van der Waals surface area contributed by atoms with Crippen LogP contribution in [-0.4, -0.2) is 48.7 Å². The van der Waals surface area contributed by atoms with Crippen LogP contribution in [0.2, 0.25) is 0 Å². The number of piperazine rings is 1. The second kappa shape index (κ2) is 6.43. The maximum absolute atomic E-state index is 14.1. The Morgan fingerprint density at radius 1 is 1.30 bits per heavy atom. The number of aliphatic hydroxyl groups is 1. The molecule has 0 bridgehead atoms. The minimum Gasteiger partial charge on any atom is -0.390 e. The van der Waals surface area contributed by atoms with Gasteiger partial charge in [-0.1, -0.05) is 15.9 Å². The number of alkyl halides is 2. The lowest BCUT2D eigenvalue weighted by Gasteiger charge is -2.38. The Labute approximate surface area is 123 Å². The Kier molecular flexibility index (Phi) is 5.06. The van der Waals surface area contributed by atoms with Crippen LogP contribution < -0.4 is 5.32 Å². The lowest BCUT2D eigenvalue weighted by molar-refractivity contribution is -0.118. The highest BCUT2D eigenvalue weighted by Crippen LogP contribution is 2.37. The highest BCUT2D eigenvalue weighted by atomic mass is 79.9. The van der Waals surface area contributed by atoms with Crippen molar-refractivity contribution in [3.05, 3.63) is 34.1 Å². The molecule has 0 aromatic heterocycles. The van der Waals surface area contributed by atoms with Gasteiger partial charge in [0.2, 0.25) is 0 Å². The van der Waals surface area contributed by atoms with E-state index in [9.17, 15) is 13.2 Å². The van der Waals surface area contributed by atoms with E-state index in [1.807, 2.05) is 0 Å². The Bertz CT molecular complexity index is 447. The van der Waals surface area contributed by atoms with Gasteiger partial charge < -0.3 is 10.4 Å². The molecule has 0 radical (unpaired) electrons. The van der Waals surface area contributed by atoms with E-state index in [4.69, 9.17) is 5.11 Å². The molecule has 0 aliphatic carbocycles. The predicted octanol–water partition coefficient (Wildman–Crippen LogP) is 2.16. The van der Waals surface area contributed by atoms with Crippen molar-refractivity contribution in [2.75, 3.05) is 32.8 Å². The molecular formula is C13H16BrF3N2O. The summed E-state index contributed by atoms with van der Waals surface area (Å²) in [5.74, 6) is -3.91. The first kappa shape index (κ1) is 15.8. The van der Waals surface area contributed by atoms with Gasteiger partial charge in [0.15, 0.2) is 0 Å². The monoisotopic (exact) mass is 352 g/mol. The van der Waals surface area contributed by atoms with Crippen molar-refractivity contribution in [3.63, 3.8) is 0 Å². The van der Waals surface area contributed by atoms with Crippen LogP contribution in [-0.2, 0) is 0 Å². The van der Waals surface area contributed by atoms with E-state index in [-0.39, 0.29) is 5.56 Å². The second-order valence-corrected chi connectivity index (χ2v) is 5.73. The van der Waals surface area contributed by atoms with Crippen LogP contribution in [0.1, 0.15) is 11.6 Å². The van der Waals surface area contributed by atoms with Gasteiger partial charge in [0.05, 0.1) is 0 Å². The number of nitrogens with one attached hydrogen (secondary N) is 1. The molecule has 1 aliphatic heterocycles. The van der Waals surface area contributed by atoms with Crippen LogP contribution in [0.4, 0.5) is 13.2 Å². The van der Waals surface area contributed by atoms with Crippen molar-refractivity contribution < 1.29 is 18.3 Å². The zero-order valence-corrected chi connectivity index (χ0v) is 12.3. The van der Waals surface area contributed by atoms with Crippen molar-refractivity contribution in [2.24, 2.45) is 0 Å². The van der Waals surface area contributed by atoms with Crippen LogP contribution >= 0.6 is 15.9 Å². The smallest absolute Gasteiger partial charge is 0.289 e. The maximum atomic E-state index is 14.1. The lowest BCUT2D eigenvalue weighted by atomic mass is 9.98. The Hall–Kier alpha value is -0.630. The fourth-order valence-corrected chi connectivity index (χ4v) is 2.96. The minimum atomic E-state index is -3.33. The largest absolute Gasteiger partial charge is 0.390 e. The molecule has 1 aromatic carbocycles. The molecule has 2 N–H and O–H groups in total. The van der Waals surface area contributed by atoms with E-state index < -0.39 is 24.4 Å². The SMILES string of the molecule is OCC(F)(F)[C@H](c1cc(F)cc(Br)c1)N1CCNCC1. The Morgan fingerprint density at radius 3 is 2.50 bits per heavy atom. The number of hydrogen-bond acceptors (Lipinski definition) is 3. The molecule has 1 aromatic rings. The topological polar surface area (TPSA) is 35.5 Å². The molecule has 1 atom stereocenters. The predicted molar refractivity (Wildman–Crippen MR) is 73.3 cm³/mol. The fourth-order valence-electron chi connectivity index (χ4n) is 2.48. The van der Waals surface area contributed by atoms with Gasteiger partial charge >= 0.3 is 0 Å². The summed E-state index contributed by atoms with van der Waals surface area (Å²) in [6, 6.07) is 2.46. The van der Waals surface area contributed by atoms with Gasteiger partial charge in [-0.3, -0.25) is 4.90 Å². The summed E-state index contributed by atoms with van der Waals surface area (Å²) in [6.07, 6.45) is 0. The molecule has 7 heteroatoms. The molecule has 0 unspecified atom stereocenters. The Balaban J connectivity index is 2.39. The highest BCUT2D eigenvalue weighted by molar-refractivity contribution is 9.10. The molecule has 0 saturated carbocycles. The number of rotatable bonds is 4. The molecule has 1 aliphatic rings. The van der Waals surface area contributed by atoms with Gasteiger partial charge in [-0.15, -0.1) is 0 Å². The van der Waals surface area contributed by atoms with Crippen molar-refractivity contribution in [3.8, 4) is 0 Å².